The van der Waals surface area contributed by atoms with Crippen LogP contribution in [0.25, 0.3) is 0 Å². The van der Waals surface area contributed by atoms with Crippen LogP contribution in [0.15, 0.2) is 39.6 Å². The molecule has 2 aromatic heterocycles. The van der Waals surface area contributed by atoms with E-state index in [0.717, 1.165) is 38.4 Å². The third-order valence-electron chi connectivity index (χ3n) is 5.22. The van der Waals surface area contributed by atoms with E-state index in [2.05, 4.69) is 15.4 Å². The van der Waals surface area contributed by atoms with Crippen LogP contribution in [0.2, 0.25) is 0 Å². The Morgan fingerprint density at radius 3 is 2.71 bits per heavy atom. The Bertz CT molecular complexity index is 841. The van der Waals surface area contributed by atoms with Crippen molar-refractivity contribution < 1.29 is 41.5 Å². The fourth-order valence-corrected chi connectivity index (χ4v) is 3.69. The zero-order valence-electron chi connectivity index (χ0n) is 16.4. The summed E-state index contributed by atoms with van der Waals surface area (Å²) < 4.78 is 48.0. The summed E-state index contributed by atoms with van der Waals surface area (Å²) in [5.41, 5.74) is 0. The molecule has 170 valence electrons. The first-order valence-electron chi connectivity index (χ1n) is 9.59. The number of likely N-dealkylation sites (tertiary alicyclic amines) is 1. The lowest BCUT2D eigenvalue weighted by atomic mass is 9.84. The van der Waals surface area contributed by atoms with Crippen molar-refractivity contribution >= 4 is 11.9 Å². The summed E-state index contributed by atoms with van der Waals surface area (Å²) in [4.78, 5) is 23.3. The number of nitrogens with zero attached hydrogens (tertiary/aromatic N) is 2. The monoisotopic (exact) mass is 445 g/mol. The van der Waals surface area contributed by atoms with Crippen molar-refractivity contribution in [3.05, 3.63) is 42.2 Å². The molecule has 0 unspecified atom stereocenters. The Morgan fingerprint density at radius 1 is 1.32 bits per heavy atom. The molecule has 0 aliphatic carbocycles. The maximum atomic E-state index is 12.0. The van der Waals surface area contributed by atoms with Gasteiger partial charge in [0.1, 0.15) is 5.76 Å². The molecule has 2 N–H and O–H groups in total. The Balaban J connectivity index is 0.000000339. The number of amides is 1. The van der Waals surface area contributed by atoms with Gasteiger partial charge in [0.05, 0.1) is 31.7 Å². The second-order valence-corrected chi connectivity index (χ2v) is 7.29. The van der Waals surface area contributed by atoms with Gasteiger partial charge in [-0.05, 0) is 31.0 Å². The number of carbonyl (C=O) groups is 2. The normalized spacial score (nSPS) is 23.5. The first-order valence-corrected chi connectivity index (χ1v) is 9.59. The van der Waals surface area contributed by atoms with Crippen LogP contribution >= 0.6 is 0 Å². The summed E-state index contributed by atoms with van der Waals surface area (Å²) in [5, 5.41) is 13.6. The second-order valence-electron chi connectivity index (χ2n) is 7.29. The number of alkyl halides is 3. The van der Waals surface area contributed by atoms with Crippen LogP contribution in [0.1, 0.15) is 22.7 Å². The Kier molecular flexibility index (Phi) is 7.33. The van der Waals surface area contributed by atoms with E-state index in [0.29, 0.717) is 18.4 Å². The number of hydrogen-bond acceptors (Lipinski definition) is 7. The molecule has 4 rings (SSSR count). The molecule has 2 saturated heterocycles. The number of piperidine rings is 1. The molecule has 0 saturated carbocycles. The van der Waals surface area contributed by atoms with Gasteiger partial charge in [0.25, 0.3) is 5.91 Å². The molecule has 31 heavy (non-hydrogen) atoms. The van der Waals surface area contributed by atoms with Crippen LogP contribution in [0, 0.1) is 11.8 Å². The number of furan rings is 1. The number of hydrogen-bond donors (Lipinski definition) is 2. The van der Waals surface area contributed by atoms with Gasteiger partial charge in [-0.15, -0.1) is 0 Å². The van der Waals surface area contributed by atoms with Gasteiger partial charge < -0.3 is 24.1 Å². The molecular weight excluding hydrogens is 423 g/mol. The highest BCUT2D eigenvalue weighted by atomic mass is 19.4. The summed E-state index contributed by atoms with van der Waals surface area (Å²) in [6.45, 7) is 4.13. The van der Waals surface area contributed by atoms with Crippen LogP contribution in [0.5, 0.6) is 0 Å². The summed E-state index contributed by atoms with van der Waals surface area (Å²) in [6.07, 6.45) is -0.744. The van der Waals surface area contributed by atoms with E-state index in [1.807, 2.05) is 12.1 Å². The van der Waals surface area contributed by atoms with E-state index in [9.17, 15) is 18.0 Å². The lowest BCUT2D eigenvalue weighted by molar-refractivity contribution is -0.192. The molecule has 2 aliphatic rings. The highest BCUT2D eigenvalue weighted by Gasteiger charge is 2.41. The average molecular weight is 445 g/mol. The summed E-state index contributed by atoms with van der Waals surface area (Å²) in [6, 6.07) is 5.48. The molecule has 9 nitrogen and oxygen atoms in total. The van der Waals surface area contributed by atoms with Crippen molar-refractivity contribution in [3.8, 4) is 0 Å². The van der Waals surface area contributed by atoms with Gasteiger partial charge in [-0.3, -0.25) is 9.69 Å². The van der Waals surface area contributed by atoms with E-state index in [1.165, 1.54) is 6.20 Å². The zero-order valence-corrected chi connectivity index (χ0v) is 16.4. The molecule has 0 radical (unpaired) electrons. The molecule has 0 aromatic carbocycles. The first kappa shape index (κ1) is 22.8. The molecule has 12 heteroatoms. The maximum absolute atomic E-state index is 12.0. The zero-order chi connectivity index (χ0) is 22.4. The van der Waals surface area contributed by atoms with E-state index in [4.69, 9.17) is 23.6 Å². The minimum Gasteiger partial charge on any atom is -0.475 e. The van der Waals surface area contributed by atoms with Gasteiger partial charge in [-0.2, -0.15) is 13.2 Å². The predicted molar refractivity (Wildman–Crippen MR) is 97.8 cm³/mol. The number of ether oxygens (including phenoxy) is 1. The number of aromatic nitrogens is 1. The highest BCUT2D eigenvalue weighted by molar-refractivity contribution is 5.91. The lowest BCUT2D eigenvalue weighted by Gasteiger charge is -2.35. The Hall–Kier alpha value is -2.86. The van der Waals surface area contributed by atoms with E-state index in [-0.39, 0.29) is 17.8 Å². The number of rotatable bonds is 5. The molecular formula is C19H22F3N3O6. The summed E-state index contributed by atoms with van der Waals surface area (Å²) >= 11 is 0. The molecule has 1 amide bonds. The third kappa shape index (κ3) is 6.31. The minimum atomic E-state index is -5.08. The summed E-state index contributed by atoms with van der Waals surface area (Å²) in [7, 11) is 0. The van der Waals surface area contributed by atoms with Gasteiger partial charge >= 0.3 is 12.1 Å². The quantitative estimate of drug-likeness (QED) is 0.719. The molecule has 0 bridgehead atoms. The molecule has 2 aromatic rings. The fraction of sp³-hybridized carbons (Fsp3) is 0.526. The van der Waals surface area contributed by atoms with E-state index < -0.39 is 12.1 Å². The second kappa shape index (κ2) is 9.96. The summed E-state index contributed by atoms with van der Waals surface area (Å²) in [5.74, 6) is -0.778. The standard InChI is InChI=1S/C17H21N3O4.C2HF3O2/c21-17(15-3-5-19-24-15)18-8-16-14-10-20(6-4-12(14)11-23-16)9-13-2-1-7-22-13;3-2(4,5)1(6)7/h1-3,5,7,12,14,16H,4,6,8-11H2,(H,18,21);(H,6,7)/t12-,14-,16+;/m0./s1. The molecule has 4 heterocycles. The van der Waals surface area contributed by atoms with E-state index >= 15 is 0 Å². The number of aliphatic carboxylic acids is 1. The SMILES string of the molecule is O=C(NC[C@H]1OC[C@@H]2CCN(Cc3ccco3)C[C@@H]21)c1ccno1.O=C(O)C(F)(F)F. The number of carbonyl (C=O) groups excluding carboxylic acids is 1. The van der Waals surface area contributed by atoms with Crippen LogP contribution in [0.3, 0.4) is 0 Å². The van der Waals surface area contributed by atoms with Crippen molar-refractivity contribution in [1.82, 2.24) is 15.4 Å². The Labute approximate surface area is 175 Å². The lowest BCUT2D eigenvalue weighted by Crippen LogP contribution is -2.45. The number of nitrogens with one attached hydrogen (secondary N) is 1. The van der Waals surface area contributed by atoms with Gasteiger partial charge in [-0.25, -0.2) is 4.79 Å². The van der Waals surface area contributed by atoms with Gasteiger partial charge in [-0.1, -0.05) is 5.16 Å². The van der Waals surface area contributed by atoms with Crippen molar-refractivity contribution in [2.45, 2.75) is 25.2 Å². The molecule has 2 fully saturated rings. The fourth-order valence-electron chi connectivity index (χ4n) is 3.69. The van der Waals surface area contributed by atoms with Crippen LogP contribution < -0.4 is 5.32 Å². The smallest absolute Gasteiger partial charge is 0.475 e. The van der Waals surface area contributed by atoms with Gasteiger partial charge in [0.2, 0.25) is 5.76 Å². The topological polar surface area (TPSA) is 118 Å². The number of halogens is 3. The van der Waals surface area contributed by atoms with Crippen molar-refractivity contribution in [3.63, 3.8) is 0 Å². The van der Waals surface area contributed by atoms with Crippen LogP contribution in [-0.4, -0.2) is 65.6 Å². The molecule has 3 atom stereocenters. The average Bonchev–Trinajstić information content (AvgIpc) is 3.48. The number of carboxylic acids is 1. The Morgan fingerprint density at radius 2 is 2.10 bits per heavy atom. The molecule has 2 aliphatic heterocycles. The number of fused-ring (bicyclic) bond motifs is 1. The van der Waals surface area contributed by atoms with Crippen LogP contribution in [-0.2, 0) is 16.1 Å². The van der Waals surface area contributed by atoms with E-state index in [1.54, 1.807) is 12.3 Å². The van der Waals surface area contributed by atoms with Crippen LogP contribution in [0.4, 0.5) is 13.2 Å². The number of carboxylic acid groups (broad SMARTS) is 1. The largest absolute Gasteiger partial charge is 0.490 e. The third-order valence-corrected chi connectivity index (χ3v) is 5.22. The van der Waals surface area contributed by atoms with Crippen molar-refractivity contribution in [2.24, 2.45) is 11.8 Å². The first-order chi connectivity index (χ1) is 14.7. The van der Waals surface area contributed by atoms with Gasteiger partial charge in [0, 0.05) is 25.1 Å². The predicted octanol–water partition coefficient (Wildman–Crippen LogP) is 2.17. The minimum absolute atomic E-state index is 0.0428. The van der Waals surface area contributed by atoms with Crippen molar-refractivity contribution in [2.75, 3.05) is 26.2 Å². The highest BCUT2D eigenvalue weighted by Crippen LogP contribution is 2.34. The van der Waals surface area contributed by atoms with Gasteiger partial charge in [0.15, 0.2) is 0 Å². The van der Waals surface area contributed by atoms with Crippen molar-refractivity contribution in [1.29, 1.82) is 0 Å². The molecule has 0 spiro atoms. The maximum Gasteiger partial charge on any atom is 0.490 e.